The first-order valence-corrected chi connectivity index (χ1v) is 6.65. The third kappa shape index (κ3) is 3.73. The quantitative estimate of drug-likeness (QED) is 0.613. The van der Waals surface area contributed by atoms with Crippen LogP contribution in [0.25, 0.3) is 0 Å². The summed E-state index contributed by atoms with van der Waals surface area (Å²) in [4.78, 5) is 0. The van der Waals surface area contributed by atoms with E-state index in [2.05, 4.69) is 34.9 Å². The Labute approximate surface area is 113 Å². The summed E-state index contributed by atoms with van der Waals surface area (Å²) in [5.74, 6) is 0. The molecule has 0 bridgehead atoms. The second-order valence-corrected chi connectivity index (χ2v) is 4.76. The summed E-state index contributed by atoms with van der Waals surface area (Å²) >= 11 is 0. The molecular formula is C16H18N2O. The lowest BCUT2D eigenvalue weighted by molar-refractivity contribution is 0.390. The van der Waals surface area contributed by atoms with Crippen LogP contribution in [-0.4, -0.2) is 18.9 Å². The van der Waals surface area contributed by atoms with Crippen molar-refractivity contribution in [3.8, 4) is 0 Å². The highest BCUT2D eigenvalue weighted by atomic mass is 16.6. The number of nitrogens with one attached hydrogen (secondary N) is 2. The van der Waals surface area contributed by atoms with Gasteiger partial charge in [0.1, 0.15) is 0 Å². The predicted molar refractivity (Wildman–Crippen MR) is 78.3 cm³/mol. The van der Waals surface area contributed by atoms with Crippen molar-refractivity contribution in [2.75, 3.05) is 17.2 Å². The highest BCUT2D eigenvalue weighted by Gasteiger charge is 2.26. The Kier molecular flexibility index (Phi) is 3.65. The van der Waals surface area contributed by atoms with E-state index in [4.69, 9.17) is 4.74 Å². The van der Waals surface area contributed by atoms with Gasteiger partial charge in [-0.3, -0.25) is 0 Å². The van der Waals surface area contributed by atoms with Crippen LogP contribution in [0.15, 0.2) is 60.7 Å². The van der Waals surface area contributed by atoms with Crippen molar-refractivity contribution in [1.29, 1.82) is 0 Å². The van der Waals surface area contributed by atoms with Gasteiger partial charge in [-0.1, -0.05) is 36.4 Å². The first-order valence-electron chi connectivity index (χ1n) is 6.65. The van der Waals surface area contributed by atoms with E-state index >= 15 is 0 Å². The lowest BCUT2D eigenvalue weighted by Gasteiger charge is -2.21. The molecule has 98 valence electrons. The average molecular weight is 254 g/mol. The van der Waals surface area contributed by atoms with Gasteiger partial charge in [0.25, 0.3) is 0 Å². The first-order chi connectivity index (χ1) is 9.40. The maximum Gasteiger partial charge on any atom is 0.0989 e. The lowest BCUT2D eigenvalue weighted by atomic mass is 10.2. The highest BCUT2D eigenvalue weighted by Crippen LogP contribution is 2.20. The number of hydrogen-bond donors (Lipinski definition) is 2. The molecule has 1 atom stereocenters. The molecule has 3 heteroatoms. The second kappa shape index (κ2) is 5.76. The summed E-state index contributed by atoms with van der Waals surface area (Å²) in [7, 11) is 0. The van der Waals surface area contributed by atoms with Crippen LogP contribution in [0.1, 0.15) is 6.42 Å². The zero-order chi connectivity index (χ0) is 12.9. The Balaban J connectivity index is 1.66. The number of ether oxygens (including phenoxy) is 1. The molecule has 3 nitrogen and oxygen atoms in total. The van der Waals surface area contributed by atoms with Crippen LogP contribution in [0.5, 0.6) is 0 Å². The molecule has 1 unspecified atom stereocenters. The molecule has 0 radical (unpaired) electrons. The van der Waals surface area contributed by atoms with Gasteiger partial charge in [-0.25, -0.2) is 0 Å². The van der Waals surface area contributed by atoms with Crippen LogP contribution >= 0.6 is 0 Å². The van der Waals surface area contributed by atoms with Crippen molar-refractivity contribution in [3.05, 3.63) is 60.7 Å². The monoisotopic (exact) mass is 254 g/mol. The third-order valence-corrected chi connectivity index (χ3v) is 3.13. The molecule has 0 aliphatic carbocycles. The minimum atomic E-state index is 0.178. The van der Waals surface area contributed by atoms with Crippen molar-refractivity contribution in [2.24, 2.45) is 0 Å². The van der Waals surface area contributed by atoms with Gasteiger partial charge in [0, 0.05) is 17.8 Å². The maximum absolute atomic E-state index is 5.33. The summed E-state index contributed by atoms with van der Waals surface area (Å²) in [6.07, 6.45) is 1.53. The molecule has 3 rings (SSSR count). The molecular weight excluding hydrogens is 236 g/mol. The molecule has 1 fully saturated rings. The van der Waals surface area contributed by atoms with Crippen molar-refractivity contribution >= 4 is 11.4 Å². The molecule has 2 aromatic rings. The van der Waals surface area contributed by atoms with Gasteiger partial charge in [0.15, 0.2) is 0 Å². The summed E-state index contributed by atoms with van der Waals surface area (Å²) in [5, 5.41) is 7.02. The van der Waals surface area contributed by atoms with Gasteiger partial charge in [-0.05, 0) is 24.3 Å². The van der Waals surface area contributed by atoms with Crippen LogP contribution in [-0.2, 0) is 4.74 Å². The number of epoxide rings is 1. The molecule has 1 heterocycles. The van der Waals surface area contributed by atoms with E-state index in [1.54, 1.807) is 0 Å². The molecule has 0 saturated carbocycles. The SMILES string of the molecule is c1ccc(NC(CC2CO2)Nc2ccccc2)cc1. The molecule has 0 spiro atoms. The van der Waals surface area contributed by atoms with Crippen LogP contribution in [0.3, 0.4) is 0 Å². The van der Waals surface area contributed by atoms with Crippen LogP contribution < -0.4 is 10.6 Å². The van der Waals surface area contributed by atoms with E-state index in [0.29, 0.717) is 6.10 Å². The van der Waals surface area contributed by atoms with Gasteiger partial charge in [-0.15, -0.1) is 0 Å². The molecule has 1 saturated heterocycles. The normalized spacial score (nSPS) is 17.2. The fraction of sp³-hybridized carbons (Fsp3) is 0.250. The number of hydrogen-bond acceptors (Lipinski definition) is 3. The van der Waals surface area contributed by atoms with E-state index in [0.717, 1.165) is 24.4 Å². The minimum absolute atomic E-state index is 0.178. The zero-order valence-electron chi connectivity index (χ0n) is 10.8. The van der Waals surface area contributed by atoms with Crippen molar-refractivity contribution in [1.82, 2.24) is 0 Å². The van der Waals surface area contributed by atoms with E-state index in [9.17, 15) is 0 Å². The maximum atomic E-state index is 5.33. The lowest BCUT2D eigenvalue weighted by Crippen LogP contribution is -2.30. The summed E-state index contributed by atoms with van der Waals surface area (Å²) in [5.41, 5.74) is 2.24. The molecule has 0 amide bonds. The van der Waals surface area contributed by atoms with Crippen molar-refractivity contribution in [3.63, 3.8) is 0 Å². The van der Waals surface area contributed by atoms with E-state index < -0.39 is 0 Å². The molecule has 0 aromatic heterocycles. The number of rotatable bonds is 6. The Morgan fingerprint density at radius 1 is 0.895 bits per heavy atom. The fourth-order valence-corrected chi connectivity index (χ4v) is 2.09. The molecule has 2 N–H and O–H groups in total. The van der Waals surface area contributed by atoms with Crippen molar-refractivity contribution in [2.45, 2.75) is 18.7 Å². The molecule has 1 aliphatic heterocycles. The number of anilines is 2. The smallest absolute Gasteiger partial charge is 0.0989 e. The van der Waals surface area contributed by atoms with Crippen LogP contribution in [0, 0.1) is 0 Å². The molecule has 1 aliphatic rings. The second-order valence-electron chi connectivity index (χ2n) is 4.76. The molecule has 2 aromatic carbocycles. The van der Waals surface area contributed by atoms with Gasteiger partial charge < -0.3 is 15.4 Å². The minimum Gasteiger partial charge on any atom is -0.373 e. The Morgan fingerprint density at radius 3 is 1.79 bits per heavy atom. The Bertz CT molecular complexity index is 455. The predicted octanol–water partition coefficient (Wildman–Crippen LogP) is 3.33. The highest BCUT2D eigenvalue weighted by molar-refractivity contribution is 5.49. The number of para-hydroxylation sites is 2. The van der Waals surface area contributed by atoms with E-state index in [1.165, 1.54) is 0 Å². The summed E-state index contributed by atoms with van der Waals surface area (Å²) in [6.45, 7) is 0.878. The van der Waals surface area contributed by atoms with Crippen LogP contribution in [0.2, 0.25) is 0 Å². The van der Waals surface area contributed by atoms with Gasteiger partial charge in [-0.2, -0.15) is 0 Å². The van der Waals surface area contributed by atoms with Gasteiger partial charge in [0.2, 0.25) is 0 Å². The Morgan fingerprint density at radius 2 is 1.37 bits per heavy atom. The van der Waals surface area contributed by atoms with Crippen LogP contribution in [0.4, 0.5) is 11.4 Å². The van der Waals surface area contributed by atoms with Gasteiger partial charge >= 0.3 is 0 Å². The van der Waals surface area contributed by atoms with E-state index in [1.807, 2.05) is 36.4 Å². The summed E-state index contributed by atoms with van der Waals surface area (Å²) < 4.78 is 5.33. The summed E-state index contributed by atoms with van der Waals surface area (Å²) in [6, 6.07) is 20.5. The average Bonchev–Trinajstić information content (AvgIpc) is 3.25. The topological polar surface area (TPSA) is 36.6 Å². The van der Waals surface area contributed by atoms with Gasteiger partial charge in [0.05, 0.1) is 18.9 Å². The third-order valence-electron chi connectivity index (χ3n) is 3.13. The van der Waals surface area contributed by atoms with E-state index in [-0.39, 0.29) is 6.17 Å². The molecule has 19 heavy (non-hydrogen) atoms. The first kappa shape index (κ1) is 12.1. The number of benzene rings is 2. The van der Waals surface area contributed by atoms with Crippen molar-refractivity contribution < 1.29 is 4.74 Å². The fourth-order valence-electron chi connectivity index (χ4n) is 2.09. The zero-order valence-corrected chi connectivity index (χ0v) is 10.8. The Hall–Kier alpha value is -2.00. The largest absolute Gasteiger partial charge is 0.373 e. The standard InChI is InChI=1S/C16H18N2O/c1-3-7-13(8-4-1)17-16(11-15-12-19-15)18-14-9-5-2-6-10-14/h1-10,15-18H,11-12H2.